The van der Waals surface area contributed by atoms with E-state index in [9.17, 15) is 19.2 Å². The number of benzene rings is 2. The molecule has 5 aliphatic rings. The van der Waals surface area contributed by atoms with E-state index in [1.165, 1.54) is 16.0 Å². The maximum absolute atomic E-state index is 12.7. The van der Waals surface area contributed by atoms with Gasteiger partial charge in [-0.15, -0.1) is 0 Å². The summed E-state index contributed by atoms with van der Waals surface area (Å²) in [6.07, 6.45) is 5.69. The summed E-state index contributed by atoms with van der Waals surface area (Å²) >= 11 is 9.87. The number of fused-ring (bicyclic) bond motifs is 2. The van der Waals surface area contributed by atoms with Gasteiger partial charge in [0.15, 0.2) is 5.78 Å². The Morgan fingerprint density at radius 3 is 1.79 bits per heavy atom. The first-order valence-corrected chi connectivity index (χ1v) is 20.2. The van der Waals surface area contributed by atoms with Gasteiger partial charge in [-0.25, -0.2) is 14.4 Å². The number of carbonyl (C=O) groups excluding carboxylic acids is 3. The first kappa shape index (κ1) is 40.2. The molecule has 0 bridgehead atoms. The Morgan fingerprint density at radius 2 is 1.27 bits per heavy atom. The Kier molecular flexibility index (Phi) is 12.5. The molecule has 2 amide bonds. The Balaban J connectivity index is 0.000000166. The molecular formula is C39H46Br3N3O7. The molecule has 2 saturated carbocycles. The minimum Gasteiger partial charge on any atom is -0.480 e. The van der Waals surface area contributed by atoms with E-state index in [1.807, 2.05) is 56.1 Å². The van der Waals surface area contributed by atoms with E-state index in [-0.39, 0.29) is 24.0 Å². The summed E-state index contributed by atoms with van der Waals surface area (Å²) in [4.78, 5) is 54.6. The van der Waals surface area contributed by atoms with Crippen LogP contribution >= 0.6 is 47.8 Å². The summed E-state index contributed by atoms with van der Waals surface area (Å²) in [5.74, 6) is 0.168. The summed E-state index contributed by atoms with van der Waals surface area (Å²) in [7, 11) is 0. The van der Waals surface area contributed by atoms with Crippen molar-refractivity contribution in [3.8, 4) is 0 Å². The van der Waals surface area contributed by atoms with Crippen LogP contribution in [0.25, 0.3) is 5.57 Å². The standard InChI is InChI=1S/C20H23BrN2O2.C11H17NO4.C8H6Br2O/c1-20(2,3)25-19(24)23-17-9-13(17)10-18(23)16-8-14(11-22-16)12-4-6-15(21)7-5-12;1-11(2,3)16-10(15)12-7-4-6(7)5-8(12)9(13)14;9-5-8(11)6-1-3-7(10)4-2-6/h4-7,11,13,17-18H,8-10H2,1-3H3;6-8H,4-5H2,1-3H3,(H,13,14);1-4H,5H2/t13-,17-,18?;6-,7-,8+;/m11./s1. The number of hydrogen-bond donors (Lipinski definition) is 1. The van der Waals surface area contributed by atoms with Crippen LogP contribution in [0.3, 0.4) is 0 Å². The van der Waals surface area contributed by atoms with Crippen LogP contribution in [0.15, 0.2) is 68.7 Å². The van der Waals surface area contributed by atoms with Crippen molar-refractivity contribution >= 4 is 83.0 Å². The molecular weight excluding hydrogens is 862 g/mol. The zero-order valence-electron chi connectivity index (χ0n) is 30.3. The molecule has 2 aromatic rings. The van der Waals surface area contributed by atoms with Crippen LogP contribution in [0.2, 0.25) is 0 Å². The summed E-state index contributed by atoms with van der Waals surface area (Å²) in [5, 5.41) is 9.40. The van der Waals surface area contributed by atoms with E-state index in [0.29, 0.717) is 29.6 Å². The fraction of sp³-hybridized carbons (Fsp3) is 0.513. The van der Waals surface area contributed by atoms with Gasteiger partial charge in [-0.3, -0.25) is 19.6 Å². The lowest BCUT2D eigenvalue weighted by Gasteiger charge is -2.30. The quantitative estimate of drug-likeness (QED) is 0.234. The summed E-state index contributed by atoms with van der Waals surface area (Å²) in [6.45, 7) is 11.1. The van der Waals surface area contributed by atoms with E-state index >= 15 is 0 Å². The van der Waals surface area contributed by atoms with Gasteiger partial charge in [-0.2, -0.15) is 0 Å². The number of likely N-dealkylation sites (tertiary alicyclic amines) is 2. The third-order valence-corrected chi connectivity index (χ3v) is 10.9. The molecule has 6 atom stereocenters. The van der Waals surface area contributed by atoms with E-state index in [2.05, 4.69) is 64.9 Å². The SMILES string of the molecule is CC(C)(C)OC(=O)N1C(C2=NC=C(c3ccc(Br)cc3)C2)C[C@H]2C[C@H]21.CC(C)(C)OC(=O)N1[C@@H]2C[C@@H]2C[C@H]1C(=O)O.O=C(CBr)c1ccc(Br)cc1. The number of amides is 2. The third-order valence-electron chi connectivity index (χ3n) is 9.35. The fourth-order valence-corrected chi connectivity index (χ4v) is 7.64. The molecule has 1 N–H and O–H groups in total. The maximum atomic E-state index is 12.7. The summed E-state index contributed by atoms with van der Waals surface area (Å²) in [6, 6.07) is 15.4. The van der Waals surface area contributed by atoms with Crippen LogP contribution in [0.1, 0.15) is 89.6 Å². The molecule has 3 aliphatic heterocycles. The first-order chi connectivity index (χ1) is 24.3. The number of rotatable bonds is 5. The van der Waals surface area contributed by atoms with Crippen molar-refractivity contribution in [2.75, 3.05) is 5.33 Å². The number of halogens is 3. The van der Waals surface area contributed by atoms with Gasteiger partial charge >= 0.3 is 18.2 Å². The van der Waals surface area contributed by atoms with Crippen molar-refractivity contribution in [3.63, 3.8) is 0 Å². The summed E-state index contributed by atoms with van der Waals surface area (Å²) in [5.41, 5.74) is 3.20. The van der Waals surface area contributed by atoms with Gasteiger partial charge in [0.2, 0.25) is 0 Å². The Bertz CT molecular complexity index is 1730. The second kappa shape index (κ2) is 16.1. The number of aliphatic imine (C=N–C) groups is 1. The zero-order valence-corrected chi connectivity index (χ0v) is 35.0. The highest BCUT2D eigenvalue weighted by molar-refractivity contribution is 9.10. The largest absolute Gasteiger partial charge is 0.480 e. The Labute approximate surface area is 330 Å². The van der Waals surface area contributed by atoms with E-state index in [4.69, 9.17) is 14.6 Å². The number of ketones is 1. The topological polar surface area (TPSA) is 126 Å². The molecule has 280 valence electrons. The second-order valence-electron chi connectivity index (χ2n) is 15.8. The molecule has 52 heavy (non-hydrogen) atoms. The normalized spacial score (nSPS) is 25.2. The average Bonchev–Trinajstić information content (AvgIpc) is 3.81. The van der Waals surface area contributed by atoms with Crippen molar-refractivity contribution in [1.29, 1.82) is 0 Å². The minimum atomic E-state index is -0.932. The molecule has 2 saturated heterocycles. The van der Waals surface area contributed by atoms with E-state index in [0.717, 1.165) is 45.9 Å². The Morgan fingerprint density at radius 1 is 0.769 bits per heavy atom. The van der Waals surface area contributed by atoms with Crippen LogP contribution in [-0.2, 0) is 14.3 Å². The number of ether oxygens (including phenoxy) is 2. The lowest BCUT2D eigenvalue weighted by molar-refractivity contribution is -0.142. The number of carboxylic acids is 1. The number of Topliss-reactive ketones (excluding diaryl/α,β-unsaturated/α-hetero) is 1. The molecule has 13 heteroatoms. The first-order valence-electron chi connectivity index (χ1n) is 17.5. The van der Waals surface area contributed by atoms with Gasteiger partial charge in [0.1, 0.15) is 17.2 Å². The number of carboxylic acid groups (broad SMARTS) is 1. The molecule has 0 spiro atoms. The number of piperidine rings is 2. The van der Waals surface area contributed by atoms with Crippen molar-refractivity contribution in [1.82, 2.24) is 9.80 Å². The highest BCUT2D eigenvalue weighted by Crippen LogP contribution is 2.50. The Hall–Kier alpha value is -3.03. The highest BCUT2D eigenvalue weighted by Gasteiger charge is 2.58. The molecule has 3 heterocycles. The molecule has 2 aromatic carbocycles. The maximum Gasteiger partial charge on any atom is 0.411 e. The smallest absolute Gasteiger partial charge is 0.411 e. The predicted octanol–water partition coefficient (Wildman–Crippen LogP) is 9.53. The lowest BCUT2D eigenvalue weighted by atomic mass is 9.98. The summed E-state index contributed by atoms with van der Waals surface area (Å²) < 4.78 is 12.9. The molecule has 10 nitrogen and oxygen atoms in total. The molecule has 4 fully saturated rings. The monoisotopic (exact) mass is 905 g/mol. The number of carbonyl (C=O) groups is 4. The van der Waals surface area contributed by atoms with E-state index in [1.54, 1.807) is 32.9 Å². The number of nitrogens with zero attached hydrogens (tertiary/aromatic N) is 3. The number of aliphatic carboxylic acids is 1. The van der Waals surface area contributed by atoms with Gasteiger partial charge in [0.05, 0.1) is 11.4 Å². The van der Waals surface area contributed by atoms with Crippen LogP contribution in [0, 0.1) is 11.8 Å². The zero-order chi connectivity index (χ0) is 38.1. The average molecular weight is 909 g/mol. The number of alkyl halides is 1. The highest BCUT2D eigenvalue weighted by atomic mass is 79.9. The third kappa shape index (κ3) is 10.3. The van der Waals surface area contributed by atoms with Gasteiger partial charge in [-0.05, 0) is 114 Å². The van der Waals surface area contributed by atoms with Crippen molar-refractivity contribution < 1.29 is 33.8 Å². The minimum absolute atomic E-state index is 0.0859. The van der Waals surface area contributed by atoms with Gasteiger partial charge in [-0.1, -0.05) is 72.1 Å². The molecule has 7 rings (SSSR count). The second-order valence-corrected chi connectivity index (χ2v) is 18.2. The van der Waals surface area contributed by atoms with Crippen molar-refractivity contribution in [2.45, 2.75) is 109 Å². The number of hydrogen-bond acceptors (Lipinski definition) is 7. The van der Waals surface area contributed by atoms with E-state index < -0.39 is 29.3 Å². The van der Waals surface area contributed by atoms with Crippen LogP contribution in [0.5, 0.6) is 0 Å². The molecule has 0 radical (unpaired) electrons. The van der Waals surface area contributed by atoms with Gasteiger partial charge in [0, 0.05) is 44.9 Å². The molecule has 1 unspecified atom stereocenters. The van der Waals surface area contributed by atoms with Crippen LogP contribution in [-0.4, -0.2) is 85.3 Å². The van der Waals surface area contributed by atoms with Crippen LogP contribution < -0.4 is 0 Å². The van der Waals surface area contributed by atoms with Crippen LogP contribution in [0.4, 0.5) is 9.59 Å². The molecule has 2 aliphatic carbocycles. The number of allylic oxidation sites excluding steroid dienone is 1. The van der Waals surface area contributed by atoms with Crippen molar-refractivity contribution in [3.05, 3.63) is 74.8 Å². The lowest BCUT2D eigenvalue weighted by Crippen LogP contribution is -2.45. The van der Waals surface area contributed by atoms with Gasteiger partial charge in [0.25, 0.3) is 0 Å². The predicted molar refractivity (Wildman–Crippen MR) is 211 cm³/mol. The van der Waals surface area contributed by atoms with Gasteiger partial charge < -0.3 is 14.6 Å². The fourth-order valence-electron chi connectivity index (χ4n) is 6.79. The molecule has 0 aromatic heterocycles. The van der Waals surface area contributed by atoms with Crippen molar-refractivity contribution in [2.24, 2.45) is 16.8 Å².